The van der Waals surface area contributed by atoms with Gasteiger partial charge in [-0.25, -0.2) is 9.59 Å². The zero-order valence-corrected chi connectivity index (χ0v) is 35.3. The van der Waals surface area contributed by atoms with Gasteiger partial charge in [0.05, 0.1) is 23.7 Å². The molecule has 2 aliphatic heterocycles. The van der Waals surface area contributed by atoms with E-state index in [2.05, 4.69) is 10.3 Å². The van der Waals surface area contributed by atoms with Crippen LogP contribution < -0.4 is 22.0 Å². The number of hydrogen-bond donors (Lipinski definition) is 8. The summed E-state index contributed by atoms with van der Waals surface area (Å²) in [6, 6.07) is 14.2. The summed E-state index contributed by atoms with van der Waals surface area (Å²) >= 11 is 1.09. The molecule has 3 aliphatic rings. The summed E-state index contributed by atoms with van der Waals surface area (Å²) in [4.78, 5) is 74.9. The van der Waals surface area contributed by atoms with Gasteiger partial charge in [-0.05, 0) is 55.3 Å². The van der Waals surface area contributed by atoms with E-state index in [1.165, 1.54) is 72.3 Å². The number of ether oxygens (including phenoxy) is 1. The summed E-state index contributed by atoms with van der Waals surface area (Å²) < 4.78 is 30.0. The van der Waals surface area contributed by atoms with Crippen molar-refractivity contribution < 1.29 is 62.7 Å². The topological polar surface area (TPSA) is 294 Å². The van der Waals surface area contributed by atoms with Crippen molar-refractivity contribution in [2.24, 2.45) is 0 Å². The van der Waals surface area contributed by atoms with Gasteiger partial charge in [0.15, 0.2) is 11.3 Å². The molecule has 0 bridgehead atoms. The number of aromatic amines is 1. The lowest BCUT2D eigenvalue weighted by Gasteiger charge is -2.18. The van der Waals surface area contributed by atoms with Crippen LogP contribution in [0.5, 0.6) is 17.5 Å². The molecule has 332 valence electrons. The van der Waals surface area contributed by atoms with Gasteiger partial charge in [-0.2, -0.15) is 18.5 Å². The second-order valence-electron chi connectivity index (χ2n) is 14.4. The number of aliphatic hydroxyl groups excluding tert-OH is 1. The predicted molar refractivity (Wildman–Crippen MR) is 228 cm³/mol. The fraction of sp³-hybridized carbons (Fsp3) is 0.293. The summed E-state index contributed by atoms with van der Waals surface area (Å²) in [5, 5.41) is 55.4. The number of hydrogen-bond acceptors (Lipinski definition) is 16. The van der Waals surface area contributed by atoms with E-state index in [1.54, 1.807) is 6.07 Å². The molecule has 4 aromatic rings. The SMILES string of the molecule is CO[P+](O)(OCCSc1cc(O)n(CCCC(=O)Nc2ccc(-c3c4ccc(=O)cc-4oc4cc(O)ccc34)c(C(=O)O)c2)c1O)OC[C@H]1O[C@@H](n2cc(C)c(=O)[nH]c2=O)CC1O. The molecular weight excluding hydrogens is 868 g/mol. The minimum absolute atomic E-state index is 0.0133. The molecule has 0 radical (unpaired) electrons. The molecule has 63 heavy (non-hydrogen) atoms. The quantitative estimate of drug-likeness (QED) is 0.0269. The molecule has 1 saturated heterocycles. The van der Waals surface area contributed by atoms with E-state index in [9.17, 15) is 54.4 Å². The molecule has 8 N–H and O–H groups in total. The number of aromatic nitrogens is 3. The lowest BCUT2D eigenvalue weighted by atomic mass is 9.90. The van der Waals surface area contributed by atoms with Crippen molar-refractivity contribution in [2.45, 2.75) is 56.1 Å². The zero-order chi connectivity index (χ0) is 45.2. The highest BCUT2D eigenvalue weighted by atomic mass is 32.2. The number of carbonyl (C=O) groups excluding carboxylic acids is 1. The number of nitrogens with one attached hydrogen (secondary N) is 2. The number of carboxylic acids is 1. The number of aromatic carboxylic acids is 1. The summed E-state index contributed by atoms with van der Waals surface area (Å²) in [7, 11) is -2.74. The summed E-state index contributed by atoms with van der Waals surface area (Å²) in [5.74, 6) is -2.04. The Balaban J connectivity index is 0.910. The first-order valence-corrected chi connectivity index (χ1v) is 21.8. The molecule has 0 saturated carbocycles. The van der Waals surface area contributed by atoms with Crippen LogP contribution in [-0.4, -0.2) is 94.7 Å². The van der Waals surface area contributed by atoms with Crippen LogP contribution in [0.1, 0.15) is 41.4 Å². The number of aromatic hydroxyl groups is 3. The molecule has 1 amide bonds. The minimum Gasteiger partial charge on any atom is -0.508 e. The van der Waals surface area contributed by atoms with Crippen molar-refractivity contribution in [3.05, 3.63) is 109 Å². The second kappa shape index (κ2) is 18.8. The highest BCUT2D eigenvalue weighted by Gasteiger charge is 2.46. The number of anilines is 1. The van der Waals surface area contributed by atoms with Crippen LogP contribution in [0.4, 0.5) is 5.69 Å². The van der Waals surface area contributed by atoms with Crippen LogP contribution in [0.25, 0.3) is 33.4 Å². The van der Waals surface area contributed by atoms with Gasteiger partial charge >= 0.3 is 19.8 Å². The lowest BCUT2D eigenvalue weighted by Crippen LogP contribution is -2.33. The molecule has 22 heteroatoms. The van der Waals surface area contributed by atoms with E-state index < -0.39 is 49.7 Å². The van der Waals surface area contributed by atoms with Crippen LogP contribution in [-0.2, 0) is 29.6 Å². The molecule has 1 aliphatic carbocycles. The van der Waals surface area contributed by atoms with E-state index >= 15 is 0 Å². The largest absolute Gasteiger partial charge is 0.572 e. The Labute approximate surface area is 360 Å². The van der Waals surface area contributed by atoms with E-state index in [-0.39, 0.29) is 106 Å². The smallest absolute Gasteiger partial charge is 0.508 e. The number of aryl methyl sites for hydroxylation is 1. The van der Waals surface area contributed by atoms with Crippen molar-refractivity contribution in [1.82, 2.24) is 14.1 Å². The van der Waals surface area contributed by atoms with Gasteiger partial charge in [0.2, 0.25) is 11.8 Å². The first kappa shape index (κ1) is 45.0. The average molecular weight is 910 g/mol. The maximum atomic E-state index is 13.0. The van der Waals surface area contributed by atoms with E-state index in [1.807, 2.05) is 0 Å². The molecule has 20 nitrogen and oxygen atoms in total. The monoisotopic (exact) mass is 909 g/mol. The van der Waals surface area contributed by atoms with Gasteiger partial charge in [0.1, 0.15) is 42.6 Å². The third-order valence-corrected chi connectivity index (χ3v) is 12.6. The number of carbonyl (C=O) groups is 2. The molecule has 4 atom stereocenters. The fourth-order valence-corrected chi connectivity index (χ4v) is 8.95. The molecular formula is C41H42N4O16PS+. The first-order chi connectivity index (χ1) is 30.0. The number of phenolic OH excluding ortho intramolecular Hbond substituents is 1. The normalized spacial score (nSPS) is 17.3. The third-order valence-electron chi connectivity index (χ3n) is 10.2. The molecule has 4 heterocycles. The first-order valence-electron chi connectivity index (χ1n) is 19.3. The Morgan fingerprint density at radius 3 is 2.56 bits per heavy atom. The maximum absolute atomic E-state index is 13.0. The molecule has 2 aromatic carbocycles. The standard InChI is InChI=1S/C41H41N4O16PS/c1-21-19-45(41(55)43-38(21)51)36-17-29(48)32(61-36)20-59-62(56,57-2)58-12-13-63-33-18-35(50)44(39(33)52)11-3-4-34(49)42-22-5-8-25(28(14-22)40(53)54)37-26-9-6-23(46)15-30(26)60-31-16-24(47)7-10-27(31)37/h5-10,14-16,18-19,29,32,36,48,56H,3-4,11-13,17,20H2,1-2H3,(H5-,42,43,46,47,49,50,51,52,53,54,55)/p+1/t29?,32-,36-,62?/m1/s1. The van der Waals surface area contributed by atoms with Crippen LogP contribution in [0, 0.1) is 6.92 Å². The zero-order valence-electron chi connectivity index (χ0n) is 33.5. The number of fused-ring (bicyclic) bond motifs is 2. The molecule has 2 unspecified atom stereocenters. The Hall–Kier alpha value is -6.03. The van der Waals surface area contributed by atoms with Crippen LogP contribution in [0.3, 0.4) is 0 Å². The number of thioether (sulfide) groups is 1. The molecule has 7 rings (SSSR count). The lowest BCUT2D eigenvalue weighted by molar-refractivity contribution is -0.116. The van der Waals surface area contributed by atoms with Gasteiger partial charge in [0, 0.05) is 77.3 Å². The highest BCUT2D eigenvalue weighted by molar-refractivity contribution is 7.99. The Kier molecular flexibility index (Phi) is 13.4. The number of carboxylic acid groups (broad SMARTS) is 1. The second-order valence-corrected chi connectivity index (χ2v) is 17.4. The van der Waals surface area contributed by atoms with Crippen molar-refractivity contribution in [3.63, 3.8) is 0 Å². The Morgan fingerprint density at radius 1 is 1.02 bits per heavy atom. The van der Waals surface area contributed by atoms with Crippen molar-refractivity contribution in [2.75, 3.05) is 31.4 Å². The maximum Gasteiger partial charge on any atom is 0.572 e. The van der Waals surface area contributed by atoms with Gasteiger partial charge in [-0.1, -0.05) is 6.07 Å². The Bertz CT molecular complexity index is 2840. The van der Waals surface area contributed by atoms with Gasteiger partial charge in [-0.3, -0.25) is 28.5 Å². The van der Waals surface area contributed by atoms with Gasteiger partial charge in [-0.15, -0.1) is 11.8 Å². The van der Waals surface area contributed by atoms with Gasteiger partial charge < -0.3 is 40.0 Å². The van der Waals surface area contributed by atoms with Crippen LogP contribution in [0.15, 0.2) is 90.6 Å². The Morgan fingerprint density at radius 2 is 1.79 bits per heavy atom. The number of phenols is 1. The fourth-order valence-electron chi connectivity index (χ4n) is 7.07. The van der Waals surface area contributed by atoms with E-state index in [0.29, 0.717) is 16.5 Å². The van der Waals surface area contributed by atoms with Crippen LogP contribution >= 0.6 is 19.9 Å². The predicted octanol–water partition coefficient (Wildman–Crippen LogP) is 4.55. The number of amides is 1. The summed E-state index contributed by atoms with van der Waals surface area (Å²) in [6.45, 7) is 1.06. The molecule has 0 spiro atoms. The molecule has 2 aromatic heterocycles. The van der Waals surface area contributed by atoms with E-state index in [4.69, 9.17) is 22.7 Å². The number of aliphatic hydroxyl groups is 1. The summed E-state index contributed by atoms with van der Waals surface area (Å²) in [6.07, 6.45) is -1.50. The van der Waals surface area contributed by atoms with Crippen molar-refractivity contribution in [3.8, 4) is 40.0 Å². The summed E-state index contributed by atoms with van der Waals surface area (Å²) in [5.41, 5.74) is 0.182. The molecule has 1 fully saturated rings. The number of benzene rings is 3. The number of H-pyrrole nitrogens is 1. The third kappa shape index (κ3) is 9.96. The van der Waals surface area contributed by atoms with Crippen LogP contribution in [0.2, 0.25) is 0 Å². The highest BCUT2D eigenvalue weighted by Crippen LogP contribution is 2.58. The van der Waals surface area contributed by atoms with E-state index in [0.717, 1.165) is 23.4 Å². The minimum atomic E-state index is -3.90. The van der Waals surface area contributed by atoms with Crippen molar-refractivity contribution in [1.29, 1.82) is 0 Å². The number of rotatable bonds is 17. The number of nitrogens with zero attached hydrogens (tertiary/aromatic N) is 2. The van der Waals surface area contributed by atoms with Crippen molar-refractivity contribution >= 4 is 48.5 Å². The average Bonchev–Trinajstić information content (AvgIpc) is 3.74. The van der Waals surface area contributed by atoms with Gasteiger partial charge in [0.25, 0.3) is 5.56 Å².